The summed E-state index contributed by atoms with van der Waals surface area (Å²) in [5.74, 6) is 0.410. The van der Waals surface area contributed by atoms with Gasteiger partial charge in [0.25, 0.3) is 5.91 Å². The monoisotopic (exact) mass is 467 g/mol. The Morgan fingerprint density at radius 2 is 1.67 bits per heavy atom. The van der Waals surface area contributed by atoms with Crippen molar-refractivity contribution in [3.05, 3.63) is 72.3 Å². The summed E-state index contributed by atoms with van der Waals surface area (Å²) < 4.78 is 29.3. The summed E-state index contributed by atoms with van der Waals surface area (Å²) in [5, 5.41) is 7.07. The van der Waals surface area contributed by atoms with Gasteiger partial charge in [-0.2, -0.15) is 9.40 Å². The first-order chi connectivity index (χ1) is 15.7. The Bertz CT molecular complexity index is 1180. The Kier molecular flexibility index (Phi) is 6.62. The van der Waals surface area contributed by atoms with E-state index in [-0.39, 0.29) is 16.8 Å². The second-order valence-electron chi connectivity index (χ2n) is 8.92. The minimum atomic E-state index is -3.57. The Labute approximate surface area is 194 Å². The number of rotatable bonds is 6. The molecule has 8 nitrogen and oxygen atoms in total. The van der Waals surface area contributed by atoms with E-state index in [0.29, 0.717) is 30.5 Å². The average Bonchev–Trinajstić information content (AvgIpc) is 3.33. The molecule has 3 atom stereocenters. The zero-order chi connectivity index (χ0) is 23.6. The molecule has 1 N–H and O–H groups in total. The number of nitrogens with one attached hydrogen (secondary N) is 1. The van der Waals surface area contributed by atoms with Crippen molar-refractivity contribution < 1.29 is 13.2 Å². The lowest BCUT2D eigenvalue weighted by molar-refractivity contribution is 0.0939. The van der Waals surface area contributed by atoms with Crippen molar-refractivity contribution in [2.75, 3.05) is 13.1 Å². The Morgan fingerprint density at radius 1 is 1.03 bits per heavy atom. The Hall–Kier alpha value is -3.04. The number of aromatic nitrogens is 3. The van der Waals surface area contributed by atoms with Gasteiger partial charge in [-0.3, -0.25) is 4.79 Å². The van der Waals surface area contributed by atoms with Gasteiger partial charge in [0, 0.05) is 18.7 Å². The second-order valence-corrected chi connectivity index (χ2v) is 10.9. The molecule has 0 aliphatic carbocycles. The zero-order valence-corrected chi connectivity index (χ0v) is 19.9. The molecular weight excluding hydrogens is 438 g/mol. The van der Waals surface area contributed by atoms with Gasteiger partial charge in [-0.25, -0.2) is 18.1 Å². The van der Waals surface area contributed by atoms with Gasteiger partial charge in [0.15, 0.2) is 0 Å². The fraction of sp³-hybridized carbons (Fsp3) is 0.375. The number of sulfonamides is 1. The van der Waals surface area contributed by atoms with Crippen molar-refractivity contribution in [3.63, 3.8) is 0 Å². The van der Waals surface area contributed by atoms with Gasteiger partial charge in [-0.15, -0.1) is 0 Å². The van der Waals surface area contributed by atoms with Crippen LogP contribution in [0.5, 0.6) is 0 Å². The summed E-state index contributed by atoms with van der Waals surface area (Å²) in [6.45, 7) is 7.12. The van der Waals surface area contributed by atoms with Gasteiger partial charge < -0.3 is 5.32 Å². The highest BCUT2D eigenvalue weighted by molar-refractivity contribution is 7.89. The van der Waals surface area contributed by atoms with Crippen LogP contribution in [0, 0.1) is 11.8 Å². The molecular formula is C24H29N5O3S. The van der Waals surface area contributed by atoms with Crippen molar-refractivity contribution in [1.29, 1.82) is 0 Å². The zero-order valence-electron chi connectivity index (χ0n) is 19.0. The molecule has 0 saturated carbocycles. The van der Waals surface area contributed by atoms with E-state index in [1.807, 2.05) is 31.2 Å². The van der Waals surface area contributed by atoms with Gasteiger partial charge in [0.05, 0.1) is 16.6 Å². The minimum Gasteiger partial charge on any atom is -0.346 e. The lowest BCUT2D eigenvalue weighted by atomic mass is 9.94. The van der Waals surface area contributed by atoms with Crippen molar-refractivity contribution in [1.82, 2.24) is 24.4 Å². The van der Waals surface area contributed by atoms with Crippen LogP contribution in [0.4, 0.5) is 0 Å². The predicted molar refractivity (Wildman–Crippen MR) is 125 cm³/mol. The van der Waals surface area contributed by atoms with Crippen LogP contribution >= 0.6 is 0 Å². The number of nitrogens with zero attached hydrogens (tertiary/aromatic N) is 4. The van der Waals surface area contributed by atoms with Gasteiger partial charge in [-0.1, -0.05) is 26.0 Å². The molecule has 33 heavy (non-hydrogen) atoms. The van der Waals surface area contributed by atoms with Crippen LogP contribution in [0.15, 0.2) is 66.1 Å². The van der Waals surface area contributed by atoms with Crippen LogP contribution in [-0.2, 0) is 10.0 Å². The van der Waals surface area contributed by atoms with E-state index >= 15 is 0 Å². The topological polar surface area (TPSA) is 97.2 Å². The second kappa shape index (κ2) is 9.44. The third kappa shape index (κ3) is 5.15. The molecule has 1 amide bonds. The first-order valence-corrected chi connectivity index (χ1v) is 12.5. The van der Waals surface area contributed by atoms with E-state index in [1.165, 1.54) is 18.5 Å². The lowest BCUT2D eigenvalue weighted by Crippen LogP contribution is -2.42. The number of amides is 1. The first-order valence-electron chi connectivity index (χ1n) is 11.1. The fourth-order valence-corrected chi connectivity index (χ4v) is 6.03. The van der Waals surface area contributed by atoms with Crippen molar-refractivity contribution in [3.8, 4) is 5.69 Å². The predicted octanol–water partition coefficient (Wildman–Crippen LogP) is 3.42. The van der Waals surface area contributed by atoms with Crippen LogP contribution in [-0.4, -0.2) is 46.5 Å². The van der Waals surface area contributed by atoms with E-state index in [0.717, 1.165) is 17.7 Å². The van der Waals surface area contributed by atoms with Gasteiger partial charge >= 0.3 is 0 Å². The van der Waals surface area contributed by atoms with Crippen LogP contribution in [0.3, 0.4) is 0 Å². The molecule has 1 aliphatic rings. The Balaban J connectivity index is 1.42. The molecule has 0 spiro atoms. The van der Waals surface area contributed by atoms with Crippen LogP contribution in [0.2, 0.25) is 0 Å². The van der Waals surface area contributed by atoms with Crippen molar-refractivity contribution in [2.45, 2.75) is 38.1 Å². The summed E-state index contributed by atoms with van der Waals surface area (Å²) in [6, 6.07) is 13.6. The molecule has 1 aliphatic heterocycles. The molecule has 4 rings (SSSR count). The van der Waals surface area contributed by atoms with Crippen molar-refractivity contribution in [2.24, 2.45) is 11.8 Å². The summed E-state index contributed by atoms with van der Waals surface area (Å²) >= 11 is 0. The number of piperidine rings is 1. The average molecular weight is 468 g/mol. The molecule has 1 fully saturated rings. The third-order valence-corrected chi connectivity index (χ3v) is 7.86. The molecule has 9 heteroatoms. The molecule has 3 aromatic rings. The quantitative estimate of drug-likeness (QED) is 0.599. The maximum absolute atomic E-state index is 13.1. The smallest absolute Gasteiger partial charge is 0.251 e. The molecule has 0 radical (unpaired) electrons. The van der Waals surface area contributed by atoms with E-state index in [4.69, 9.17) is 0 Å². The molecule has 1 aromatic heterocycles. The fourth-order valence-electron chi connectivity index (χ4n) is 4.35. The van der Waals surface area contributed by atoms with Crippen LogP contribution < -0.4 is 5.32 Å². The van der Waals surface area contributed by atoms with Crippen molar-refractivity contribution >= 4 is 15.9 Å². The Morgan fingerprint density at radius 3 is 2.24 bits per heavy atom. The SMILES string of the molecule is CC1CC(C)CN(S(=O)(=O)c2ccc(C(=O)NC(C)c3ccc(-n4cncn4)cc3)cc2)C1. The summed E-state index contributed by atoms with van der Waals surface area (Å²) in [4.78, 5) is 16.9. The lowest BCUT2D eigenvalue weighted by Gasteiger charge is -2.34. The highest BCUT2D eigenvalue weighted by Crippen LogP contribution is 2.27. The van der Waals surface area contributed by atoms with E-state index in [2.05, 4.69) is 29.2 Å². The van der Waals surface area contributed by atoms with Crippen LogP contribution in [0.1, 0.15) is 49.2 Å². The number of hydrogen-bond donors (Lipinski definition) is 1. The van der Waals surface area contributed by atoms with Gasteiger partial charge in [0.2, 0.25) is 10.0 Å². The number of carbonyl (C=O) groups is 1. The summed E-state index contributed by atoms with van der Waals surface area (Å²) in [5.41, 5.74) is 2.24. The van der Waals surface area contributed by atoms with E-state index in [9.17, 15) is 13.2 Å². The number of carbonyl (C=O) groups excluding carboxylic acids is 1. The molecule has 1 saturated heterocycles. The van der Waals surface area contributed by atoms with Gasteiger partial charge in [0.1, 0.15) is 12.7 Å². The molecule has 174 valence electrons. The molecule has 3 unspecified atom stereocenters. The standard InChI is InChI=1S/C24H29N5O3S/c1-17-12-18(2)14-28(13-17)33(31,32)23-10-6-21(7-11-23)24(30)27-19(3)20-4-8-22(9-5-20)29-16-25-15-26-29/h4-11,15-19H,12-14H2,1-3H3,(H,27,30). The molecule has 2 heterocycles. The molecule has 0 bridgehead atoms. The third-order valence-electron chi connectivity index (χ3n) is 6.01. The number of hydrogen-bond acceptors (Lipinski definition) is 5. The summed E-state index contributed by atoms with van der Waals surface area (Å²) in [7, 11) is -3.57. The maximum atomic E-state index is 13.1. The summed E-state index contributed by atoms with van der Waals surface area (Å²) in [6.07, 6.45) is 4.13. The largest absolute Gasteiger partial charge is 0.346 e. The normalized spacial score (nSPS) is 20.3. The van der Waals surface area contributed by atoms with E-state index < -0.39 is 10.0 Å². The number of benzene rings is 2. The highest BCUT2D eigenvalue weighted by Gasteiger charge is 2.31. The first kappa shape index (κ1) is 23.1. The maximum Gasteiger partial charge on any atom is 0.251 e. The van der Waals surface area contributed by atoms with Gasteiger partial charge in [-0.05, 0) is 67.1 Å². The molecule has 2 aromatic carbocycles. The van der Waals surface area contributed by atoms with E-state index in [1.54, 1.807) is 27.4 Å². The minimum absolute atomic E-state index is 0.220. The van der Waals surface area contributed by atoms with Crippen LogP contribution in [0.25, 0.3) is 5.69 Å². The highest BCUT2D eigenvalue weighted by atomic mass is 32.2.